The van der Waals surface area contributed by atoms with Gasteiger partial charge >= 0.3 is 5.97 Å². The van der Waals surface area contributed by atoms with E-state index in [1.54, 1.807) is 18.2 Å². The lowest BCUT2D eigenvalue weighted by molar-refractivity contribution is -0.132. The highest BCUT2D eigenvalue weighted by molar-refractivity contribution is 9.10. The molecule has 0 unspecified atom stereocenters. The molecule has 3 rings (SSSR count). The number of hydrogen-bond donors (Lipinski definition) is 0. The van der Waals surface area contributed by atoms with Crippen LogP contribution in [0.5, 0.6) is 17.2 Å². The number of ether oxygens (including phenoxy) is 3. The minimum atomic E-state index is -0.490. The zero-order chi connectivity index (χ0) is 21.7. The number of hydrogen-bond acceptors (Lipinski definition) is 7. The van der Waals surface area contributed by atoms with Gasteiger partial charge in [-0.2, -0.15) is 5.26 Å². The Kier molecular flexibility index (Phi) is 6.87. The fourth-order valence-corrected chi connectivity index (χ4v) is 3.91. The minimum Gasteiger partial charge on any atom is -0.493 e. The van der Waals surface area contributed by atoms with Crippen molar-refractivity contribution >= 4 is 44.9 Å². The molecule has 0 N–H and O–H groups in total. The van der Waals surface area contributed by atoms with Crippen LogP contribution in [0.3, 0.4) is 0 Å². The molecule has 0 atom stereocenters. The summed E-state index contributed by atoms with van der Waals surface area (Å²) in [5.41, 5.74) is 2.79. The molecule has 0 aliphatic heterocycles. The highest BCUT2D eigenvalue weighted by Crippen LogP contribution is 2.40. The molecule has 0 spiro atoms. The molecule has 2 aromatic carbocycles. The predicted octanol–water partition coefficient (Wildman–Crippen LogP) is 5.58. The minimum absolute atomic E-state index is 0.189. The molecule has 0 fully saturated rings. The van der Waals surface area contributed by atoms with Gasteiger partial charge in [0.2, 0.25) is 5.75 Å². The molecule has 1 heterocycles. The summed E-state index contributed by atoms with van der Waals surface area (Å²) in [5.74, 6) is 0.342. The van der Waals surface area contributed by atoms with Gasteiger partial charge < -0.3 is 14.2 Å². The fourth-order valence-electron chi connectivity index (χ4n) is 2.71. The van der Waals surface area contributed by atoms with E-state index in [9.17, 15) is 10.1 Å². The van der Waals surface area contributed by atoms with E-state index in [1.807, 2.05) is 29.6 Å². The van der Waals surface area contributed by atoms with Crippen LogP contribution >= 0.6 is 27.3 Å². The molecule has 3 aromatic rings. The highest BCUT2D eigenvalue weighted by Gasteiger charge is 2.17. The third-order valence-corrected chi connectivity index (χ3v) is 5.38. The van der Waals surface area contributed by atoms with Crippen molar-refractivity contribution in [2.45, 2.75) is 6.92 Å². The zero-order valence-corrected chi connectivity index (χ0v) is 18.8. The number of carbonyl (C=O) groups is 1. The summed E-state index contributed by atoms with van der Waals surface area (Å²) < 4.78 is 16.8. The van der Waals surface area contributed by atoms with E-state index in [2.05, 4.69) is 27.0 Å². The van der Waals surface area contributed by atoms with Crippen LogP contribution in [0.2, 0.25) is 0 Å². The van der Waals surface area contributed by atoms with Gasteiger partial charge in [0.05, 0.1) is 25.5 Å². The first kappa shape index (κ1) is 21.6. The molecule has 0 aliphatic rings. The maximum absolute atomic E-state index is 11.4. The largest absolute Gasteiger partial charge is 0.493 e. The lowest BCUT2D eigenvalue weighted by atomic mass is 10.1. The summed E-state index contributed by atoms with van der Waals surface area (Å²) >= 11 is 4.84. The van der Waals surface area contributed by atoms with Crippen molar-refractivity contribution in [1.82, 2.24) is 4.98 Å². The van der Waals surface area contributed by atoms with E-state index in [-0.39, 0.29) is 5.75 Å². The number of nitrogens with zero attached hydrogens (tertiary/aromatic N) is 2. The van der Waals surface area contributed by atoms with Crippen LogP contribution < -0.4 is 14.2 Å². The average molecular weight is 485 g/mol. The van der Waals surface area contributed by atoms with E-state index in [4.69, 9.17) is 14.2 Å². The highest BCUT2D eigenvalue weighted by atomic mass is 79.9. The van der Waals surface area contributed by atoms with Gasteiger partial charge in [-0.3, -0.25) is 4.79 Å². The average Bonchev–Trinajstić information content (AvgIpc) is 3.22. The van der Waals surface area contributed by atoms with Gasteiger partial charge in [0, 0.05) is 22.3 Å². The topological polar surface area (TPSA) is 81.4 Å². The van der Waals surface area contributed by atoms with Crippen molar-refractivity contribution in [3.8, 4) is 34.6 Å². The lowest BCUT2D eigenvalue weighted by Gasteiger charge is -2.13. The van der Waals surface area contributed by atoms with E-state index in [0.29, 0.717) is 27.6 Å². The Hall–Kier alpha value is -3.15. The number of methoxy groups -OCH3 is 2. The van der Waals surface area contributed by atoms with Crippen LogP contribution in [0.25, 0.3) is 22.9 Å². The van der Waals surface area contributed by atoms with Crippen molar-refractivity contribution < 1.29 is 19.0 Å². The Bertz CT molecular complexity index is 1140. The molecule has 1 aromatic heterocycles. The number of halogens is 1. The lowest BCUT2D eigenvalue weighted by Crippen LogP contribution is -2.05. The molecule has 30 heavy (non-hydrogen) atoms. The maximum atomic E-state index is 11.4. The Morgan fingerprint density at radius 2 is 1.90 bits per heavy atom. The van der Waals surface area contributed by atoms with E-state index < -0.39 is 5.97 Å². The molecule has 8 heteroatoms. The van der Waals surface area contributed by atoms with Gasteiger partial charge in [0.15, 0.2) is 11.5 Å². The quantitative estimate of drug-likeness (QED) is 0.258. The number of benzene rings is 2. The Morgan fingerprint density at radius 3 is 2.47 bits per heavy atom. The molecule has 0 bridgehead atoms. The zero-order valence-electron chi connectivity index (χ0n) is 16.4. The fraction of sp³-hybridized carbons (Fsp3) is 0.136. The van der Waals surface area contributed by atoms with Crippen LogP contribution in [0.15, 0.2) is 46.3 Å². The second-order valence-electron chi connectivity index (χ2n) is 6.07. The van der Waals surface area contributed by atoms with Crippen LogP contribution in [0.1, 0.15) is 17.5 Å². The SMILES string of the molecule is COc1cc(/C=C(/C#N)c2nc(-c3cccc(Br)c3)cs2)cc(OC)c1OC(C)=O. The smallest absolute Gasteiger partial charge is 0.308 e. The second-order valence-corrected chi connectivity index (χ2v) is 7.84. The van der Waals surface area contributed by atoms with Crippen molar-refractivity contribution in [2.75, 3.05) is 14.2 Å². The summed E-state index contributed by atoms with van der Waals surface area (Å²) in [6, 6.07) is 13.3. The first-order chi connectivity index (χ1) is 14.4. The van der Waals surface area contributed by atoms with Crippen molar-refractivity contribution in [1.29, 1.82) is 5.26 Å². The van der Waals surface area contributed by atoms with Crippen molar-refractivity contribution in [3.63, 3.8) is 0 Å². The number of esters is 1. The number of carbonyl (C=O) groups excluding carboxylic acids is 1. The molecule has 0 radical (unpaired) electrons. The van der Waals surface area contributed by atoms with E-state index in [0.717, 1.165) is 15.7 Å². The Balaban J connectivity index is 2.01. The molecule has 0 saturated heterocycles. The molecular weight excluding hydrogens is 468 g/mol. The number of thiazole rings is 1. The standard InChI is InChI=1S/C22H17BrN2O4S/c1-13(26)29-21-19(27-2)8-14(9-20(21)28-3)7-16(11-24)22-25-18(12-30-22)15-5-4-6-17(23)10-15/h4-10,12H,1-3H3/b16-7-. The first-order valence-electron chi connectivity index (χ1n) is 8.73. The third-order valence-electron chi connectivity index (χ3n) is 4.02. The van der Waals surface area contributed by atoms with Crippen molar-refractivity contribution in [2.24, 2.45) is 0 Å². The molecule has 152 valence electrons. The predicted molar refractivity (Wildman–Crippen MR) is 120 cm³/mol. The third kappa shape index (κ3) is 4.87. The van der Waals surface area contributed by atoms with Gasteiger partial charge in [-0.05, 0) is 35.9 Å². The van der Waals surface area contributed by atoms with Gasteiger partial charge in [-0.1, -0.05) is 28.1 Å². The molecule has 0 amide bonds. The van der Waals surface area contributed by atoms with E-state index in [1.165, 1.54) is 32.5 Å². The molecule has 6 nitrogen and oxygen atoms in total. The molecule has 0 aliphatic carbocycles. The summed E-state index contributed by atoms with van der Waals surface area (Å²) in [5, 5.41) is 12.2. The van der Waals surface area contributed by atoms with Crippen LogP contribution in [-0.4, -0.2) is 25.2 Å². The Labute approximate surface area is 186 Å². The second kappa shape index (κ2) is 9.57. The van der Waals surface area contributed by atoms with E-state index >= 15 is 0 Å². The van der Waals surface area contributed by atoms with Crippen molar-refractivity contribution in [3.05, 3.63) is 56.8 Å². The van der Waals surface area contributed by atoms with Crippen LogP contribution in [-0.2, 0) is 4.79 Å². The number of rotatable bonds is 6. The van der Waals surface area contributed by atoms with Crippen LogP contribution in [0, 0.1) is 11.3 Å². The van der Waals surface area contributed by atoms with Gasteiger partial charge in [-0.25, -0.2) is 4.98 Å². The Morgan fingerprint density at radius 1 is 1.20 bits per heavy atom. The number of aromatic nitrogens is 1. The summed E-state index contributed by atoms with van der Waals surface area (Å²) in [6.07, 6.45) is 1.69. The first-order valence-corrected chi connectivity index (χ1v) is 10.4. The van der Waals surface area contributed by atoms with Crippen LogP contribution in [0.4, 0.5) is 0 Å². The normalized spacial score (nSPS) is 11.0. The number of nitriles is 1. The summed E-state index contributed by atoms with van der Waals surface area (Å²) in [6.45, 7) is 1.30. The van der Waals surface area contributed by atoms with Gasteiger partial charge in [-0.15, -0.1) is 11.3 Å². The maximum Gasteiger partial charge on any atom is 0.308 e. The van der Waals surface area contributed by atoms with Gasteiger partial charge in [0.25, 0.3) is 0 Å². The monoisotopic (exact) mass is 484 g/mol. The molecular formula is C22H17BrN2O4S. The number of allylic oxidation sites excluding steroid dienone is 1. The molecule has 0 saturated carbocycles. The summed E-state index contributed by atoms with van der Waals surface area (Å²) in [4.78, 5) is 16.0. The summed E-state index contributed by atoms with van der Waals surface area (Å²) in [7, 11) is 2.93. The van der Waals surface area contributed by atoms with Gasteiger partial charge in [0.1, 0.15) is 11.1 Å².